The van der Waals surface area contributed by atoms with Crippen LogP contribution in [0, 0.1) is 6.92 Å². The second-order valence-electron chi connectivity index (χ2n) is 7.85. The third-order valence-electron chi connectivity index (χ3n) is 5.19. The molecule has 0 saturated heterocycles. The number of hydrogen-bond acceptors (Lipinski definition) is 3. The first kappa shape index (κ1) is 23.5. The predicted octanol–water partition coefficient (Wildman–Crippen LogP) is 6.67. The van der Waals surface area contributed by atoms with Crippen LogP contribution in [0.4, 0.5) is 8.78 Å². The molecule has 1 heterocycles. The third kappa shape index (κ3) is 6.64. The maximum atomic E-state index is 13.8. The van der Waals surface area contributed by atoms with Gasteiger partial charge in [-0.25, -0.2) is 13.8 Å². The fraction of sp³-hybridized carbons (Fsp3) is 0.296. The van der Waals surface area contributed by atoms with Crippen molar-refractivity contribution in [3.63, 3.8) is 0 Å². The zero-order chi connectivity index (χ0) is 23.0. The molecule has 0 radical (unpaired) electrons. The number of benzene rings is 2. The van der Waals surface area contributed by atoms with Gasteiger partial charge in [0.15, 0.2) is 0 Å². The molecule has 32 heavy (non-hydrogen) atoms. The van der Waals surface area contributed by atoms with E-state index in [1.54, 1.807) is 0 Å². The number of alkyl halides is 2. The Hall–Kier alpha value is -3.21. The Kier molecular flexibility index (Phi) is 7.98. The molecule has 168 valence electrons. The van der Waals surface area contributed by atoms with E-state index < -0.39 is 5.92 Å². The number of aromatic nitrogens is 1. The minimum absolute atomic E-state index is 0.126. The molecule has 0 unspecified atom stereocenters. The number of nitrogens with zero attached hydrogens (tertiary/aromatic N) is 1. The smallest absolute Gasteiger partial charge is 0.272 e. The van der Waals surface area contributed by atoms with E-state index in [1.807, 2.05) is 48.5 Å². The van der Waals surface area contributed by atoms with E-state index in [4.69, 9.17) is 9.47 Å². The lowest BCUT2D eigenvalue weighted by atomic mass is 10.0. The number of hydrogen-bond donors (Lipinski definition) is 0. The zero-order valence-electron chi connectivity index (χ0n) is 18.6. The summed E-state index contributed by atoms with van der Waals surface area (Å²) in [5, 5.41) is 0. The third-order valence-corrected chi connectivity index (χ3v) is 5.19. The monoisotopic (exact) mass is 437 g/mol. The summed E-state index contributed by atoms with van der Waals surface area (Å²) >= 11 is 0. The molecule has 0 aliphatic carbocycles. The molecular formula is C27H29F2NO2. The van der Waals surface area contributed by atoms with Gasteiger partial charge in [0, 0.05) is 30.7 Å². The number of rotatable bonds is 11. The molecule has 0 saturated carbocycles. The maximum Gasteiger partial charge on any atom is 0.272 e. The van der Waals surface area contributed by atoms with Crippen LogP contribution >= 0.6 is 0 Å². The van der Waals surface area contributed by atoms with Gasteiger partial charge in [0.1, 0.15) is 19.0 Å². The number of aryl methyl sites for hydroxylation is 2. The van der Waals surface area contributed by atoms with E-state index in [0.717, 1.165) is 31.1 Å². The second kappa shape index (κ2) is 10.9. The van der Waals surface area contributed by atoms with Crippen molar-refractivity contribution in [2.24, 2.45) is 0 Å². The molecule has 0 aliphatic heterocycles. The molecule has 3 nitrogen and oxygen atoms in total. The molecule has 0 atom stereocenters. The molecule has 0 bridgehead atoms. The molecule has 1 aromatic heterocycles. The fourth-order valence-corrected chi connectivity index (χ4v) is 3.40. The number of halogens is 2. The van der Waals surface area contributed by atoms with Crippen molar-refractivity contribution in [2.45, 2.75) is 39.0 Å². The second-order valence-corrected chi connectivity index (χ2v) is 7.85. The summed E-state index contributed by atoms with van der Waals surface area (Å²) in [4.78, 5) is 4.17. The normalized spacial score (nSPS) is 11.2. The predicted molar refractivity (Wildman–Crippen MR) is 124 cm³/mol. The van der Waals surface area contributed by atoms with Gasteiger partial charge in [0.25, 0.3) is 5.92 Å². The standard InChI is InChI=1S/C27H29F2NO2/c1-4-5-11-22-12-13-25(16-20(22)2)31-14-15-32-26-23(17-21-9-7-6-8-10-21)18-24(19-30-26)27(3,28)29/h4,6-10,12-13,16,18-19H,1,5,11,14-15,17H2,2-3H3. The number of allylic oxidation sites excluding steroid dienone is 1. The molecule has 0 amide bonds. The summed E-state index contributed by atoms with van der Waals surface area (Å²) in [5.41, 5.74) is 3.94. The van der Waals surface area contributed by atoms with Crippen LogP contribution in [0.1, 0.15) is 41.2 Å². The van der Waals surface area contributed by atoms with E-state index in [9.17, 15) is 8.78 Å². The highest BCUT2D eigenvalue weighted by atomic mass is 19.3. The lowest BCUT2D eigenvalue weighted by Crippen LogP contribution is -2.13. The van der Waals surface area contributed by atoms with Crippen LogP contribution in [0.3, 0.4) is 0 Å². The summed E-state index contributed by atoms with van der Waals surface area (Å²) < 4.78 is 39.3. The van der Waals surface area contributed by atoms with Gasteiger partial charge < -0.3 is 9.47 Å². The van der Waals surface area contributed by atoms with E-state index in [1.165, 1.54) is 23.4 Å². The van der Waals surface area contributed by atoms with Gasteiger partial charge in [-0.05, 0) is 54.7 Å². The first-order valence-electron chi connectivity index (χ1n) is 10.7. The Balaban J connectivity index is 1.64. The molecule has 0 aliphatic rings. The van der Waals surface area contributed by atoms with E-state index in [0.29, 0.717) is 24.5 Å². The first-order valence-corrected chi connectivity index (χ1v) is 10.7. The molecule has 0 N–H and O–H groups in total. The topological polar surface area (TPSA) is 31.4 Å². The Morgan fingerprint density at radius 1 is 1.00 bits per heavy atom. The van der Waals surface area contributed by atoms with Gasteiger partial charge in [0.05, 0.1) is 0 Å². The largest absolute Gasteiger partial charge is 0.490 e. The summed E-state index contributed by atoms with van der Waals surface area (Å²) in [6, 6.07) is 17.1. The van der Waals surface area contributed by atoms with Crippen LogP contribution in [0.2, 0.25) is 0 Å². The highest BCUT2D eigenvalue weighted by Crippen LogP contribution is 2.30. The van der Waals surface area contributed by atoms with Crippen molar-refractivity contribution in [3.05, 3.63) is 101 Å². The van der Waals surface area contributed by atoms with Crippen molar-refractivity contribution < 1.29 is 18.3 Å². The maximum absolute atomic E-state index is 13.8. The van der Waals surface area contributed by atoms with Gasteiger partial charge in [-0.1, -0.05) is 42.5 Å². The average Bonchev–Trinajstić information content (AvgIpc) is 2.77. The highest BCUT2D eigenvalue weighted by molar-refractivity contribution is 5.37. The Morgan fingerprint density at radius 2 is 1.75 bits per heavy atom. The molecule has 3 aromatic rings. The lowest BCUT2D eigenvalue weighted by Gasteiger charge is -2.16. The van der Waals surface area contributed by atoms with Crippen LogP contribution in [-0.4, -0.2) is 18.2 Å². The SMILES string of the molecule is C=CCCc1ccc(OCCOc2ncc(C(C)(F)F)cc2Cc2ccccc2)cc1C. The van der Waals surface area contributed by atoms with Crippen molar-refractivity contribution >= 4 is 0 Å². The Bertz CT molecular complexity index is 1030. The summed E-state index contributed by atoms with van der Waals surface area (Å²) in [7, 11) is 0. The molecule has 2 aromatic carbocycles. The van der Waals surface area contributed by atoms with E-state index in [2.05, 4.69) is 24.6 Å². The summed E-state index contributed by atoms with van der Waals surface area (Å²) in [5.74, 6) is -1.84. The highest BCUT2D eigenvalue weighted by Gasteiger charge is 2.26. The Morgan fingerprint density at radius 3 is 2.44 bits per heavy atom. The minimum atomic E-state index is -2.96. The van der Waals surface area contributed by atoms with Crippen molar-refractivity contribution in [1.82, 2.24) is 4.98 Å². The molecule has 5 heteroatoms. The van der Waals surface area contributed by atoms with Crippen LogP contribution in [0.25, 0.3) is 0 Å². The van der Waals surface area contributed by atoms with Gasteiger partial charge in [-0.15, -0.1) is 6.58 Å². The Labute approximate surface area is 188 Å². The fourth-order valence-electron chi connectivity index (χ4n) is 3.40. The minimum Gasteiger partial charge on any atom is -0.490 e. The molecule has 3 rings (SSSR count). The summed E-state index contributed by atoms with van der Waals surface area (Å²) in [6.07, 6.45) is 5.45. The van der Waals surface area contributed by atoms with Crippen molar-refractivity contribution in [3.8, 4) is 11.6 Å². The molecular weight excluding hydrogens is 408 g/mol. The van der Waals surface area contributed by atoms with Crippen LogP contribution < -0.4 is 9.47 Å². The van der Waals surface area contributed by atoms with Crippen LogP contribution in [-0.2, 0) is 18.8 Å². The van der Waals surface area contributed by atoms with E-state index in [-0.39, 0.29) is 12.2 Å². The number of pyridine rings is 1. The van der Waals surface area contributed by atoms with Gasteiger partial charge >= 0.3 is 0 Å². The van der Waals surface area contributed by atoms with Gasteiger partial charge in [0.2, 0.25) is 5.88 Å². The first-order chi connectivity index (χ1) is 15.4. The van der Waals surface area contributed by atoms with Crippen LogP contribution in [0.5, 0.6) is 11.6 Å². The average molecular weight is 438 g/mol. The van der Waals surface area contributed by atoms with Crippen molar-refractivity contribution in [2.75, 3.05) is 13.2 Å². The quantitative estimate of drug-likeness (QED) is 0.248. The van der Waals surface area contributed by atoms with E-state index >= 15 is 0 Å². The zero-order valence-corrected chi connectivity index (χ0v) is 18.6. The summed E-state index contributed by atoms with van der Waals surface area (Å²) in [6.45, 7) is 7.28. The van der Waals surface area contributed by atoms with Gasteiger partial charge in [-0.3, -0.25) is 0 Å². The van der Waals surface area contributed by atoms with Crippen molar-refractivity contribution in [1.29, 1.82) is 0 Å². The molecule has 0 spiro atoms. The lowest BCUT2D eigenvalue weighted by molar-refractivity contribution is 0.0169. The van der Waals surface area contributed by atoms with Crippen LogP contribution in [0.15, 0.2) is 73.4 Å². The number of ether oxygens (including phenoxy) is 2. The van der Waals surface area contributed by atoms with Gasteiger partial charge in [-0.2, -0.15) is 0 Å². The molecule has 0 fully saturated rings.